The molecule has 0 aliphatic carbocycles. The Kier molecular flexibility index (Phi) is 5.20. The predicted octanol–water partition coefficient (Wildman–Crippen LogP) is 1.14. The second kappa shape index (κ2) is 6.43. The number of hydrogen-bond donors (Lipinski definition) is 1. The summed E-state index contributed by atoms with van der Waals surface area (Å²) in [6.07, 6.45) is 0. The van der Waals surface area contributed by atoms with Gasteiger partial charge in [0.25, 0.3) is 0 Å². The summed E-state index contributed by atoms with van der Waals surface area (Å²) in [5, 5.41) is 9.03. The molecule has 1 heterocycles. The molecule has 0 aliphatic rings. The van der Waals surface area contributed by atoms with Gasteiger partial charge in [0.15, 0.2) is 0 Å². The van der Waals surface area contributed by atoms with Crippen LogP contribution in [0.3, 0.4) is 0 Å². The third kappa shape index (κ3) is 3.25. The van der Waals surface area contributed by atoms with Crippen LogP contribution in [0.4, 0.5) is 5.82 Å². The van der Waals surface area contributed by atoms with Crippen LogP contribution < -0.4 is 5.73 Å². The predicted molar refractivity (Wildman–Crippen MR) is 72.4 cm³/mol. The van der Waals surface area contributed by atoms with Gasteiger partial charge in [0.05, 0.1) is 18.8 Å². The summed E-state index contributed by atoms with van der Waals surface area (Å²) in [5.74, 6) is 0.545. The van der Waals surface area contributed by atoms with Crippen LogP contribution in [-0.4, -0.2) is 43.3 Å². The molecule has 100 valence electrons. The summed E-state index contributed by atoms with van der Waals surface area (Å²) in [7, 11) is 4.03. The van der Waals surface area contributed by atoms with Gasteiger partial charge in [-0.3, -0.25) is 0 Å². The molecule has 0 fully saturated rings. The van der Waals surface area contributed by atoms with E-state index < -0.39 is 0 Å². The van der Waals surface area contributed by atoms with Gasteiger partial charge in [0.2, 0.25) is 0 Å². The standard InChI is InChI=1S/C13H22N4O/c1-10-11(2)17(13(15)12(10)9-14)6-8-18-7-5-16(3)4/h5-8,15H2,1-4H3. The van der Waals surface area contributed by atoms with Gasteiger partial charge in [-0.2, -0.15) is 5.26 Å². The Hall–Kier alpha value is -1.51. The van der Waals surface area contributed by atoms with Crippen molar-refractivity contribution < 1.29 is 4.74 Å². The fourth-order valence-electron chi connectivity index (χ4n) is 1.83. The lowest BCUT2D eigenvalue weighted by Crippen LogP contribution is -2.19. The molecule has 2 N–H and O–H groups in total. The smallest absolute Gasteiger partial charge is 0.122 e. The Morgan fingerprint density at radius 1 is 1.33 bits per heavy atom. The molecule has 0 saturated heterocycles. The van der Waals surface area contributed by atoms with Gasteiger partial charge in [-0.15, -0.1) is 0 Å². The van der Waals surface area contributed by atoms with Crippen LogP contribution in [0.15, 0.2) is 0 Å². The number of nitriles is 1. The van der Waals surface area contributed by atoms with E-state index in [1.807, 2.05) is 32.5 Å². The van der Waals surface area contributed by atoms with E-state index in [2.05, 4.69) is 11.0 Å². The monoisotopic (exact) mass is 250 g/mol. The van der Waals surface area contributed by atoms with Crippen molar-refractivity contribution in [2.75, 3.05) is 39.6 Å². The van der Waals surface area contributed by atoms with Crippen LogP contribution >= 0.6 is 0 Å². The van der Waals surface area contributed by atoms with Crippen LogP contribution in [0.2, 0.25) is 0 Å². The SMILES string of the molecule is Cc1c(C#N)c(N)n(CCOCCN(C)C)c1C. The first kappa shape index (κ1) is 14.6. The lowest BCUT2D eigenvalue weighted by atomic mass is 10.2. The number of nitrogens with two attached hydrogens (primary N) is 1. The summed E-state index contributed by atoms with van der Waals surface area (Å²) in [4.78, 5) is 2.08. The van der Waals surface area contributed by atoms with Gasteiger partial charge in [-0.05, 0) is 33.5 Å². The van der Waals surface area contributed by atoms with E-state index >= 15 is 0 Å². The summed E-state index contributed by atoms with van der Waals surface area (Å²) >= 11 is 0. The van der Waals surface area contributed by atoms with E-state index in [4.69, 9.17) is 15.7 Å². The molecule has 0 radical (unpaired) electrons. The third-order valence-electron chi connectivity index (χ3n) is 3.12. The zero-order chi connectivity index (χ0) is 13.7. The second-order valence-electron chi connectivity index (χ2n) is 4.65. The van der Waals surface area contributed by atoms with Crippen LogP contribution in [0.25, 0.3) is 0 Å². The maximum absolute atomic E-state index is 9.03. The van der Waals surface area contributed by atoms with Gasteiger partial charge in [0, 0.05) is 18.8 Å². The molecule has 1 aromatic rings. The molecule has 0 unspecified atom stereocenters. The van der Waals surface area contributed by atoms with Crippen molar-refractivity contribution in [1.82, 2.24) is 9.47 Å². The summed E-state index contributed by atoms with van der Waals surface area (Å²) in [6.45, 7) is 6.81. The van der Waals surface area contributed by atoms with Gasteiger partial charge >= 0.3 is 0 Å². The van der Waals surface area contributed by atoms with Gasteiger partial charge < -0.3 is 19.9 Å². The van der Waals surface area contributed by atoms with Crippen molar-refractivity contribution in [1.29, 1.82) is 5.26 Å². The molecule has 0 aromatic carbocycles. The van der Waals surface area contributed by atoms with Crippen molar-refractivity contribution in [3.63, 3.8) is 0 Å². The highest BCUT2D eigenvalue weighted by Gasteiger charge is 2.14. The van der Waals surface area contributed by atoms with Crippen molar-refractivity contribution in [2.45, 2.75) is 20.4 Å². The molecule has 0 bridgehead atoms. The number of likely N-dealkylation sites (N-methyl/N-ethyl adjacent to an activating group) is 1. The molecule has 0 amide bonds. The zero-order valence-corrected chi connectivity index (χ0v) is 11.7. The van der Waals surface area contributed by atoms with Crippen molar-refractivity contribution >= 4 is 5.82 Å². The van der Waals surface area contributed by atoms with Crippen LogP contribution in [0.5, 0.6) is 0 Å². The Morgan fingerprint density at radius 3 is 2.50 bits per heavy atom. The van der Waals surface area contributed by atoms with Gasteiger partial charge in [0.1, 0.15) is 11.9 Å². The molecular weight excluding hydrogens is 228 g/mol. The largest absolute Gasteiger partial charge is 0.384 e. The van der Waals surface area contributed by atoms with Crippen molar-refractivity contribution in [3.8, 4) is 6.07 Å². The lowest BCUT2D eigenvalue weighted by Gasteiger charge is -2.12. The van der Waals surface area contributed by atoms with Crippen LogP contribution in [0.1, 0.15) is 16.8 Å². The Bertz CT molecular complexity index is 443. The Labute approximate surface area is 109 Å². The number of nitrogens with zero attached hydrogens (tertiary/aromatic N) is 3. The normalized spacial score (nSPS) is 10.9. The maximum Gasteiger partial charge on any atom is 0.122 e. The minimum Gasteiger partial charge on any atom is -0.384 e. The third-order valence-corrected chi connectivity index (χ3v) is 3.12. The number of rotatable bonds is 6. The van der Waals surface area contributed by atoms with E-state index in [-0.39, 0.29) is 0 Å². The molecule has 0 atom stereocenters. The fraction of sp³-hybridized carbons (Fsp3) is 0.615. The van der Waals surface area contributed by atoms with Crippen LogP contribution in [0, 0.1) is 25.2 Å². The van der Waals surface area contributed by atoms with E-state index in [0.29, 0.717) is 31.1 Å². The first-order valence-electron chi connectivity index (χ1n) is 6.06. The topological polar surface area (TPSA) is 67.2 Å². The second-order valence-corrected chi connectivity index (χ2v) is 4.65. The minimum atomic E-state index is 0.545. The minimum absolute atomic E-state index is 0.545. The number of aromatic nitrogens is 1. The van der Waals surface area contributed by atoms with Crippen LogP contribution in [-0.2, 0) is 11.3 Å². The summed E-state index contributed by atoms with van der Waals surface area (Å²) in [5.41, 5.74) is 8.54. The maximum atomic E-state index is 9.03. The summed E-state index contributed by atoms with van der Waals surface area (Å²) < 4.78 is 7.49. The molecule has 0 aliphatic heterocycles. The highest BCUT2D eigenvalue weighted by molar-refractivity contribution is 5.57. The highest BCUT2D eigenvalue weighted by atomic mass is 16.5. The molecule has 1 rings (SSSR count). The molecule has 0 saturated carbocycles. The number of hydrogen-bond acceptors (Lipinski definition) is 4. The Morgan fingerprint density at radius 2 is 2.00 bits per heavy atom. The van der Waals surface area contributed by atoms with E-state index in [1.165, 1.54) is 0 Å². The molecular formula is C13H22N4O. The van der Waals surface area contributed by atoms with Crippen molar-refractivity contribution in [3.05, 3.63) is 16.8 Å². The highest BCUT2D eigenvalue weighted by Crippen LogP contribution is 2.22. The molecule has 5 nitrogen and oxygen atoms in total. The molecule has 18 heavy (non-hydrogen) atoms. The number of ether oxygens (including phenoxy) is 1. The first-order valence-corrected chi connectivity index (χ1v) is 6.06. The van der Waals surface area contributed by atoms with Gasteiger partial charge in [-0.25, -0.2) is 0 Å². The molecule has 0 spiro atoms. The summed E-state index contributed by atoms with van der Waals surface area (Å²) in [6, 6.07) is 2.15. The van der Waals surface area contributed by atoms with E-state index in [0.717, 1.165) is 17.8 Å². The van der Waals surface area contributed by atoms with Crippen molar-refractivity contribution in [2.24, 2.45) is 0 Å². The zero-order valence-electron chi connectivity index (χ0n) is 11.7. The average Bonchev–Trinajstić information content (AvgIpc) is 2.51. The van der Waals surface area contributed by atoms with E-state index in [9.17, 15) is 0 Å². The quantitative estimate of drug-likeness (QED) is 0.769. The molecule has 1 aromatic heterocycles. The Balaban J connectivity index is 2.56. The number of nitrogen functional groups attached to an aromatic ring is 1. The average molecular weight is 250 g/mol. The lowest BCUT2D eigenvalue weighted by molar-refractivity contribution is 0.111. The van der Waals surface area contributed by atoms with Gasteiger partial charge in [-0.1, -0.05) is 0 Å². The molecule has 5 heteroatoms. The first-order chi connectivity index (χ1) is 8.49. The number of anilines is 1. The van der Waals surface area contributed by atoms with E-state index in [1.54, 1.807) is 0 Å². The fourth-order valence-corrected chi connectivity index (χ4v) is 1.83.